The highest BCUT2D eigenvalue weighted by Crippen LogP contribution is 2.49. The number of benzene rings is 3. The fourth-order valence-corrected chi connectivity index (χ4v) is 5.02. The van der Waals surface area contributed by atoms with E-state index in [4.69, 9.17) is 11.6 Å². The van der Waals surface area contributed by atoms with Crippen molar-refractivity contribution >= 4 is 23.4 Å². The molecule has 0 aliphatic carbocycles. The molecule has 0 N–H and O–H groups in total. The van der Waals surface area contributed by atoms with Crippen LogP contribution in [0.1, 0.15) is 43.8 Å². The molecule has 1 saturated heterocycles. The van der Waals surface area contributed by atoms with E-state index in [0.29, 0.717) is 34.7 Å². The first-order chi connectivity index (χ1) is 15.7. The maximum Gasteiger partial charge on any atom is 0.416 e. The van der Waals surface area contributed by atoms with Gasteiger partial charge in [-0.3, -0.25) is 9.59 Å². The zero-order chi connectivity index (χ0) is 23.4. The van der Waals surface area contributed by atoms with E-state index in [2.05, 4.69) is 0 Å². The zero-order valence-electron chi connectivity index (χ0n) is 17.3. The van der Waals surface area contributed by atoms with E-state index in [0.717, 1.165) is 12.1 Å². The lowest BCUT2D eigenvalue weighted by atomic mass is 9.86. The summed E-state index contributed by atoms with van der Waals surface area (Å²) in [5, 5.41) is 0.492. The van der Waals surface area contributed by atoms with Crippen LogP contribution in [0.25, 0.3) is 0 Å². The molecular formula is C25H18ClF3N2O2. The lowest BCUT2D eigenvalue weighted by Gasteiger charge is -2.51. The van der Waals surface area contributed by atoms with Crippen molar-refractivity contribution in [2.24, 2.45) is 0 Å². The summed E-state index contributed by atoms with van der Waals surface area (Å²) in [7, 11) is 0. The van der Waals surface area contributed by atoms with Gasteiger partial charge in [0.2, 0.25) is 0 Å². The minimum atomic E-state index is -4.58. The molecule has 3 aromatic carbocycles. The minimum absolute atomic E-state index is 0.0863. The minimum Gasteiger partial charge on any atom is -0.307 e. The SMILES string of the molecule is O=C(c1cccc(C(F)(F)F)c1)N1CCCN2C(=O)c3ccccc3C12c1ccc(Cl)cc1. The molecule has 168 valence electrons. The lowest BCUT2D eigenvalue weighted by Crippen LogP contribution is -2.62. The second kappa shape index (κ2) is 7.63. The summed E-state index contributed by atoms with van der Waals surface area (Å²) in [5.74, 6) is -0.799. The monoisotopic (exact) mass is 470 g/mol. The summed E-state index contributed by atoms with van der Waals surface area (Å²) in [6.07, 6.45) is -4.08. The molecule has 33 heavy (non-hydrogen) atoms. The molecule has 5 rings (SSSR count). The van der Waals surface area contributed by atoms with Gasteiger partial charge in [0, 0.05) is 40.4 Å². The standard InChI is InChI=1S/C25H18ClF3N2O2/c26-19-11-9-17(10-12-19)24-21-8-2-1-7-20(21)23(33)31(24)14-4-13-30(24)22(32)16-5-3-6-18(15-16)25(27,28)29/h1-3,5-12,15H,4,13-14H2. The van der Waals surface area contributed by atoms with Gasteiger partial charge < -0.3 is 9.80 Å². The summed E-state index contributed by atoms with van der Waals surface area (Å²) in [5.41, 5.74) is -0.525. The number of nitrogens with zero attached hydrogens (tertiary/aromatic N) is 2. The summed E-state index contributed by atoms with van der Waals surface area (Å²) in [4.78, 5) is 30.3. The molecule has 0 spiro atoms. The molecule has 2 aliphatic rings. The molecule has 1 atom stereocenters. The van der Waals surface area contributed by atoms with Crippen molar-refractivity contribution in [2.75, 3.05) is 13.1 Å². The third kappa shape index (κ3) is 3.22. The van der Waals surface area contributed by atoms with Gasteiger partial charge in [-0.25, -0.2) is 0 Å². The van der Waals surface area contributed by atoms with E-state index < -0.39 is 23.3 Å². The van der Waals surface area contributed by atoms with E-state index >= 15 is 0 Å². The van der Waals surface area contributed by atoms with Crippen molar-refractivity contribution in [3.8, 4) is 0 Å². The van der Waals surface area contributed by atoms with Gasteiger partial charge in [0.1, 0.15) is 0 Å². The van der Waals surface area contributed by atoms with Crippen molar-refractivity contribution in [1.82, 2.24) is 9.80 Å². The first-order valence-corrected chi connectivity index (χ1v) is 10.8. The van der Waals surface area contributed by atoms with Gasteiger partial charge >= 0.3 is 6.18 Å². The van der Waals surface area contributed by atoms with Crippen LogP contribution in [0.4, 0.5) is 13.2 Å². The van der Waals surface area contributed by atoms with Crippen molar-refractivity contribution in [2.45, 2.75) is 18.3 Å². The highest BCUT2D eigenvalue weighted by atomic mass is 35.5. The average molecular weight is 471 g/mol. The van der Waals surface area contributed by atoms with Gasteiger partial charge in [0.25, 0.3) is 11.8 Å². The topological polar surface area (TPSA) is 40.6 Å². The first-order valence-electron chi connectivity index (χ1n) is 10.4. The third-order valence-electron chi connectivity index (χ3n) is 6.25. The smallest absolute Gasteiger partial charge is 0.307 e. The Bertz CT molecular complexity index is 1260. The van der Waals surface area contributed by atoms with Gasteiger partial charge in [-0.05, 0) is 42.8 Å². The van der Waals surface area contributed by atoms with Crippen molar-refractivity contribution in [3.63, 3.8) is 0 Å². The molecule has 2 amide bonds. The normalized spacial score (nSPS) is 19.9. The molecule has 1 unspecified atom stereocenters. The second-order valence-electron chi connectivity index (χ2n) is 8.07. The van der Waals surface area contributed by atoms with E-state index in [1.54, 1.807) is 53.4 Å². The Balaban J connectivity index is 1.73. The first kappa shape index (κ1) is 21.5. The van der Waals surface area contributed by atoms with Gasteiger partial charge in [0.05, 0.1) is 5.56 Å². The summed E-state index contributed by atoms with van der Waals surface area (Å²) >= 11 is 6.11. The molecule has 4 nitrogen and oxygen atoms in total. The van der Waals surface area contributed by atoms with Gasteiger partial charge in [-0.15, -0.1) is 0 Å². The summed E-state index contributed by atoms with van der Waals surface area (Å²) in [6.45, 7) is 0.679. The average Bonchev–Trinajstić information content (AvgIpc) is 3.08. The molecular weight excluding hydrogens is 453 g/mol. The maximum absolute atomic E-state index is 13.8. The zero-order valence-corrected chi connectivity index (χ0v) is 18.0. The van der Waals surface area contributed by atoms with Gasteiger partial charge in [-0.2, -0.15) is 13.2 Å². The number of amides is 2. The Hall–Kier alpha value is -3.32. The van der Waals surface area contributed by atoms with Crippen LogP contribution in [-0.4, -0.2) is 34.7 Å². The van der Waals surface area contributed by atoms with E-state index in [1.165, 1.54) is 17.0 Å². The van der Waals surface area contributed by atoms with Crippen molar-refractivity contribution in [3.05, 3.63) is 106 Å². The van der Waals surface area contributed by atoms with Crippen LogP contribution in [0.3, 0.4) is 0 Å². The summed E-state index contributed by atoms with van der Waals surface area (Å²) < 4.78 is 40.0. The predicted octanol–water partition coefficient (Wildman–Crippen LogP) is 5.56. The molecule has 2 aliphatic heterocycles. The number of rotatable bonds is 2. The van der Waals surface area contributed by atoms with E-state index in [-0.39, 0.29) is 18.0 Å². The van der Waals surface area contributed by atoms with Crippen molar-refractivity contribution in [1.29, 1.82) is 0 Å². The molecule has 1 fully saturated rings. The number of carbonyl (C=O) groups is 2. The Morgan fingerprint density at radius 1 is 0.939 bits per heavy atom. The number of hydrogen-bond donors (Lipinski definition) is 0. The van der Waals surface area contributed by atoms with Crippen LogP contribution in [0.15, 0.2) is 72.8 Å². The molecule has 0 radical (unpaired) electrons. The van der Waals surface area contributed by atoms with Crippen LogP contribution in [0, 0.1) is 0 Å². The molecule has 0 aromatic heterocycles. The fourth-order valence-electron chi connectivity index (χ4n) is 4.90. The highest BCUT2D eigenvalue weighted by Gasteiger charge is 2.57. The maximum atomic E-state index is 13.8. The van der Waals surface area contributed by atoms with Gasteiger partial charge in [-0.1, -0.05) is 48.0 Å². The Morgan fingerprint density at radius 2 is 1.67 bits per heavy atom. The lowest BCUT2D eigenvalue weighted by molar-refractivity contribution is -0.137. The Kier molecular flexibility index (Phi) is 4.97. The van der Waals surface area contributed by atoms with E-state index in [1.807, 2.05) is 0 Å². The van der Waals surface area contributed by atoms with Crippen LogP contribution >= 0.6 is 11.6 Å². The number of halogens is 4. The van der Waals surface area contributed by atoms with Crippen molar-refractivity contribution < 1.29 is 22.8 Å². The molecule has 0 saturated carbocycles. The number of carbonyl (C=O) groups excluding carboxylic acids is 2. The molecule has 8 heteroatoms. The molecule has 0 bridgehead atoms. The molecule has 2 heterocycles. The highest BCUT2D eigenvalue weighted by molar-refractivity contribution is 6.30. The van der Waals surface area contributed by atoms with Crippen LogP contribution < -0.4 is 0 Å². The summed E-state index contributed by atoms with van der Waals surface area (Å²) in [6, 6.07) is 18.3. The Labute approximate surface area is 193 Å². The Morgan fingerprint density at radius 3 is 2.39 bits per heavy atom. The largest absolute Gasteiger partial charge is 0.416 e. The quantitative estimate of drug-likeness (QED) is 0.492. The third-order valence-corrected chi connectivity index (χ3v) is 6.50. The van der Waals surface area contributed by atoms with E-state index in [9.17, 15) is 22.8 Å². The van der Waals surface area contributed by atoms with Crippen LogP contribution in [0.5, 0.6) is 0 Å². The van der Waals surface area contributed by atoms with Gasteiger partial charge in [0.15, 0.2) is 5.66 Å². The van der Waals surface area contributed by atoms with Crippen LogP contribution in [0.2, 0.25) is 5.02 Å². The second-order valence-corrected chi connectivity index (χ2v) is 8.51. The number of fused-ring (bicyclic) bond motifs is 3. The number of hydrogen-bond acceptors (Lipinski definition) is 2. The molecule has 3 aromatic rings. The predicted molar refractivity (Wildman–Crippen MR) is 117 cm³/mol. The number of alkyl halides is 3. The van der Waals surface area contributed by atoms with Crippen LogP contribution in [-0.2, 0) is 11.8 Å². The fraction of sp³-hybridized carbons (Fsp3) is 0.200.